The van der Waals surface area contributed by atoms with Crippen molar-refractivity contribution in [3.8, 4) is 12.3 Å². The van der Waals surface area contributed by atoms with E-state index in [4.69, 9.17) is 11.5 Å². The molecule has 0 aliphatic rings. The van der Waals surface area contributed by atoms with Crippen molar-refractivity contribution in [3.05, 3.63) is 18.7 Å². The topological polar surface area (TPSA) is 58.4 Å². The summed E-state index contributed by atoms with van der Waals surface area (Å²) in [6.07, 6.45) is 11.4. The monoisotopic (exact) mass is 221 g/mol. The van der Waals surface area contributed by atoms with Crippen LogP contribution in [0.4, 0.5) is 0 Å². The van der Waals surface area contributed by atoms with Crippen molar-refractivity contribution in [3.63, 3.8) is 0 Å². The Morgan fingerprint density at radius 1 is 1.62 bits per heavy atom. The third kappa shape index (κ3) is 4.62. The van der Waals surface area contributed by atoms with Crippen LogP contribution in [0.5, 0.6) is 0 Å². The van der Waals surface area contributed by atoms with E-state index in [2.05, 4.69) is 10.9 Å². The molecule has 0 amide bonds. The number of aromatic nitrogens is 2. The molecule has 5 nitrogen and oxygen atoms in total. The van der Waals surface area contributed by atoms with E-state index in [1.807, 2.05) is 10.8 Å². The van der Waals surface area contributed by atoms with E-state index in [9.17, 15) is 4.79 Å². The quantitative estimate of drug-likeness (QED) is 0.672. The number of hydrogen-bond acceptors (Lipinski definition) is 3. The average Bonchev–Trinajstić information content (AvgIpc) is 2.70. The third-order valence-corrected chi connectivity index (χ3v) is 2.12. The fourth-order valence-corrected chi connectivity index (χ4v) is 1.43. The Kier molecular flexibility index (Phi) is 5.09. The van der Waals surface area contributed by atoms with Crippen molar-refractivity contribution in [2.24, 2.45) is 0 Å². The standard InChI is InChI=1S/C11H15N3O2/c1-2-5-13(9-11(15)16)6-3-7-14-8-4-12-10-14/h1,4,8,10H,3,5-7,9H2,(H,15,16). The van der Waals surface area contributed by atoms with Crippen LogP contribution in [-0.2, 0) is 11.3 Å². The molecule has 0 bridgehead atoms. The number of hydrogen-bond donors (Lipinski definition) is 1. The fourth-order valence-electron chi connectivity index (χ4n) is 1.43. The normalized spacial score (nSPS) is 10.2. The highest BCUT2D eigenvalue weighted by Crippen LogP contribution is 1.95. The van der Waals surface area contributed by atoms with Crippen molar-refractivity contribution < 1.29 is 9.90 Å². The lowest BCUT2D eigenvalue weighted by Gasteiger charge is -2.16. The minimum atomic E-state index is -0.849. The molecule has 1 rings (SSSR count). The maximum Gasteiger partial charge on any atom is 0.317 e. The van der Waals surface area contributed by atoms with Gasteiger partial charge in [0.1, 0.15) is 0 Å². The van der Waals surface area contributed by atoms with Crippen molar-refractivity contribution in [1.82, 2.24) is 14.5 Å². The summed E-state index contributed by atoms with van der Waals surface area (Å²) in [6.45, 7) is 1.86. The molecule has 0 saturated heterocycles. The van der Waals surface area contributed by atoms with Crippen LogP contribution in [0.25, 0.3) is 0 Å². The van der Waals surface area contributed by atoms with Gasteiger partial charge in [-0.05, 0) is 6.42 Å². The zero-order valence-electron chi connectivity index (χ0n) is 9.04. The van der Waals surface area contributed by atoms with Crippen LogP contribution >= 0.6 is 0 Å². The number of carboxylic acids is 1. The lowest BCUT2D eigenvalue weighted by molar-refractivity contribution is -0.138. The zero-order chi connectivity index (χ0) is 11.8. The largest absolute Gasteiger partial charge is 0.480 e. The Morgan fingerprint density at radius 3 is 3.00 bits per heavy atom. The summed E-state index contributed by atoms with van der Waals surface area (Å²) in [4.78, 5) is 16.2. The molecule has 86 valence electrons. The first-order chi connectivity index (χ1) is 7.72. The molecule has 0 radical (unpaired) electrons. The second-order valence-corrected chi connectivity index (χ2v) is 3.46. The summed E-state index contributed by atoms with van der Waals surface area (Å²) < 4.78 is 1.95. The van der Waals surface area contributed by atoms with E-state index in [0.29, 0.717) is 13.1 Å². The van der Waals surface area contributed by atoms with Gasteiger partial charge in [0.2, 0.25) is 0 Å². The predicted octanol–water partition coefficient (Wildman–Crippen LogP) is 0.293. The molecule has 0 atom stereocenters. The molecule has 5 heteroatoms. The summed E-state index contributed by atoms with van der Waals surface area (Å²) in [5.41, 5.74) is 0. The highest BCUT2D eigenvalue weighted by molar-refractivity contribution is 5.69. The van der Waals surface area contributed by atoms with E-state index < -0.39 is 5.97 Å². The molecule has 0 aliphatic carbocycles. The van der Waals surface area contributed by atoms with Crippen LogP contribution in [-0.4, -0.2) is 45.2 Å². The SMILES string of the molecule is C#CCN(CCCn1ccnc1)CC(=O)O. The average molecular weight is 221 g/mol. The number of carboxylic acid groups (broad SMARTS) is 1. The van der Waals surface area contributed by atoms with Crippen LogP contribution in [0.1, 0.15) is 6.42 Å². The first-order valence-electron chi connectivity index (χ1n) is 5.05. The van der Waals surface area contributed by atoms with E-state index in [1.165, 1.54) is 0 Å². The fraction of sp³-hybridized carbons (Fsp3) is 0.455. The lowest BCUT2D eigenvalue weighted by atomic mass is 10.3. The van der Waals surface area contributed by atoms with Crippen LogP contribution in [0, 0.1) is 12.3 Å². The summed E-state index contributed by atoms with van der Waals surface area (Å²) in [5, 5.41) is 8.67. The van der Waals surface area contributed by atoms with Crippen molar-refractivity contribution in [2.75, 3.05) is 19.6 Å². The second kappa shape index (κ2) is 6.64. The van der Waals surface area contributed by atoms with Gasteiger partial charge in [-0.25, -0.2) is 4.98 Å². The number of aryl methyl sites for hydroxylation is 1. The summed E-state index contributed by atoms with van der Waals surface area (Å²) in [6, 6.07) is 0. The Bertz CT molecular complexity index is 354. The van der Waals surface area contributed by atoms with Gasteiger partial charge in [-0.1, -0.05) is 5.92 Å². The number of imidazole rings is 1. The number of rotatable bonds is 7. The van der Waals surface area contributed by atoms with E-state index in [0.717, 1.165) is 13.0 Å². The van der Waals surface area contributed by atoms with E-state index in [1.54, 1.807) is 17.4 Å². The van der Waals surface area contributed by atoms with Crippen LogP contribution in [0.3, 0.4) is 0 Å². The van der Waals surface area contributed by atoms with E-state index in [-0.39, 0.29) is 6.54 Å². The number of nitrogens with zero attached hydrogens (tertiary/aromatic N) is 3. The molecule has 0 spiro atoms. The highest BCUT2D eigenvalue weighted by Gasteiger charge is 2.07. The maximum absolute atomic E-state index is 10.6. The molecule has 1 aromatic heterocycles. The van der Waals surface area contributed by atoms with Gasteiger partial charge in [0, 0.05) is 25.5 Å². The zero-order valence-corrected chi connectivity index (χ0v) is 9.04. The molecule has 0 aliphatic heterocycles. The third-order valence-electron chi connectivity index (χ3n) is 2.12. The molecule has 1 heterocycles. The van der Waals surface area contributed by atoms with E-state index >= 15 is 0 Å². The molecule has 1 N–H and O–H groups in total. The second-order valence-electron chi connectivity index (χ2n) is 3.46. The van der Waals surface area contributed by atoms with Gasteiger partial charge in [0.05, 0.1) is 19.4 Å². The van der Waals surface area contributed by atoms with Gasteiger partial charge in [-0.2, -0.15) is 0 Å². The Hall–Kier alpha value is -1.80. The summed E-state index contributed by atoms with van der Waals surface area (Å²) in [5.74, 6) is 1.61. The first kappa shape index (κ1) is 12.3. The van der Waals surface area contributed by atoms with Gasteiger partial charge < -0.3 is 9.67 Å². The summed E-state index contributed by atoms with van der Waals surface area (Å²) >= 11 is 0. The minimum Gasteiger partial charge on any atom is -0.480 e. The maximum atomic E-state index is 10.6. The molecule has 0 aromatic carbocycles. The first-order valence-corrected chi connectivity index (χ1v) is 5.05. The number of carbonyl (C=O) groups is 1. The minimum absolute atomic E-state index is 0.00582. The Morgan fingerprint density at radius 2 is 2.44 bits per heavy atom. The van der Waals surface area contributed by atoms with Gasteiger partial charge in [-0.15, -0.1) is 6.42 Å². The van der Waals surface area contributed by atoms with Crippen molar-refractivity contribution >= 4 is 5.97 Å². The smallest absolute Gasteiger partial charge is 0.317 e. The van der Waals surface area contributed by atoms with Crippen LogP contribution in [0.15, 0.2) is 18.7 Å². The Balaban J connectivity index is 2.27. The van der Waals surface area contributed by atoms with Gasteiger partial charge in [0.25, 0.3) is 0 Å². The number of aliphatic carboxylic acids is 1. The van der Waals surface area contributed by atoms with Crippen LogP contribution < -0.4 is 0 Å². The predicted molar refractivity (Wildman–Crippen MR) is 59.8 cm³/mol. The highest BCUT2D eigenvalue weighted by atomic mass is 16.4. The van der Waals surface area contributed by atoms with Crippen molar-refractivity contribution in [1.29, 1.82) is 0 Å². The number of terminal acetylenes is 1. The molecular formula is C11H15N3O2. The van der Waals surface area contributed by atoms with Gasteiger partial charge in [-0.3, -0.25) is 9.69 Å². The summed E-state index contributed by atoms with van der Waals surface area (Å²) in [7, 11) is 0. The van der Waals surface area contributed by atoms with Crippen LogP contribution in [0.2, 0.25) is 0 Å². The molecular weight excluding hydrogens is 206 g/mol. The molecule has 1 aromatic rings. The lowest BCUT2D eigenvalue weighted by Crippen LogP contribution is -2.31. The molecule has 16 heavy (non-hydrogen) atoms. The Labute approximate surface area is 94.7 Å². The van der Waals surface area contributed by atoms with Gasteiger partial charge >= 0.3 is 5.97 Å². The van der Waals surface area contributed by atoms with Gasteiger partial charge in [0.15, 0.2) is 0 Å². The molecule has 0 saturated carbocycles. The molecule has 0 fully saturated rings. The van der Waals surface area contributed by atoms with Crippen molar-refractivity contribution in [2.45, 2.75) is 13.0 Å². The molecule has 0 unspecified atom stereocenters.